The lowest BCUT2D eigenvalue weighted by molar-refractivity contribution is -0.138. The molecule has 1 aromatic rings. The summed E-state index contributed by atoms with van der Waals surface area (Å²) in [5, 5.41) is 8.91. The van der Waals surface area contributed by atoms with E-state index in [-0.39, 0.29) is 17.4 Å². The van der Waals surface area contributed by atoms with Crippen LogP contribution in [-0.4, -0.2) is 29.1 Å². The summed E-state index contributed by atoms with van der Waals surface area (Å²) < 4.78 is 13.0. The zero-order valence-corrected chi connectivity index (χ0v) is 11.4. The number of halogens is 2. The van der Waals surface area contributed by atoms with E-state index < -0.39 is 11.8 Å². The maximum atomic E-state index is 13.0. The maximum absolute atomic E-state index is 13.0. The number of nitrogens with zero attached hydrogens (tertiary/aromatic N) is 1. The molecule has 0 atom stereocenters. The van der Waals surface area contributed by atoms with Crippen molar-refractivity contribution in [2.24, 2.45) is 5.92 Å². The van der Waals surface area contributed by atoms with Gasteiger partial charge in [0.1, 0.15) is 5.82 Å². The summed E-state index contributed by atoms with van der Waals surface area (Å²) in [7, 11) is 0. The van der Waals surface area contributed by atoms with Crippen LogP contribution in [0.5, 0.6) is 0 Å². The second-order valence-corrected chi connectivity index (χ2v) is 5.47. The molecule has 1 N–H and O–H groups in total. The Balaban J connectivity index is 1.85. The van der Waals surface area contributed by atoms with Crippen molar-refractivity contribution < 1.29 is 14.3 Å². The van der Waals surface area contributed by atoms with Gasteiger partial charge in [-0.1, -0.05) is 17.7 Å². The first kappa shape index (κ1) is 14.3. The van der Waals surface area contributed by atoms with Crippen molar-refractivity contribution in [1.82, 2.24) is 4.90 Å². The number of hydrogen-bond donors (Lipinski definition) is 1. The first-order valence-electron chi connectivity index (χ1n) is 6.42. The summed E-state index contributed by atoms with van der Waals surface area (Å²) in [6.45, 7) is 2.50. The normalized spacial score (nSPS) is 17.6. The Morgan fingerprint density at radius 3 is 2.68 bits per heavy atom. The van der Waals surface area contributed by atoms with E-state index in [0.29, 0.717) is 0 Å². The number of carbonyl (C=O) groups is 1. The highest BCUT2D eigenvalue weighted by molar-refractivity contribution is 6.30. The van der Waals surface area contributed by atoms with Gasteiger partial charge in [0.15, 0.2) is 0 Å². The maximum Gasteiger partial charge on any atom is 0.303 e. The van der Waals surface area contributed by atoms with Gasteiger partial charge in [0.05, 0.1) is 5.02 Å². The molecule has 0 amide bonds. The number of aliphatic carboxylic acids is 1. The van der Waals surface area contributed by atoms with Gasteiger partial charge in [-0.25, -0.2) is 4.39 Å². The zero-order chi connectivity index (χ0) is 13.8. The highest BCUT2D eigenvalue weighted by Gasteiger charge is 2.21. The van der Waals surface area contributed by atoms with Crippen molar-refractivity contribution in [1.29, 1.82) is 0 Å². The van der Waals surface area contributed by atoms with E-state index in [2.05, 4.69) is 4.90 Å². The second-order valence-electron chi connectivity index (χ2n) is 5.07. The molecule has 1 fully saturated rings. The van der Waals surface area contributed by atoms with Crippen molar-refractivity contribution in [2.45, 2.75) is 25.8 Å². The third kappa shape index (κ3) is 4.18. The monoisotopic (exact) mass is 285 g/mol. The van der Waals surface area contributed by atoms with Gasteiger partial charge in [0.2, 0.25) is 0 Å². The first-order chi connectivity index (χ1) is 9.04. The number of carboxylic acid groups (broad SMARTS) is 1. The molecule has 1 saturated heterocycles. The van der Waals surface area contributed by atoms with Crippen LogP contribution in [0.2, 0.25) is 5.02 Å². The van der Waals surface area contributed by atoms with Crippen LogP contribution < -0.4 is 0 Å². The highest BCUT2D eigenvalue weighted by atomic mass is 35.5. The minimum absolute atomic E-state index is 0.151. The average Bonchev–Trinajstić information content (AvgIpc) is 2.36. The number of piperidine rings is 1. The Bertz CT molecular complexity index is 459. The number of hydrogen-bond acceptors (Lipinski definition) is 2. The van der Waals surface area contributed by atoms with Crippen molar-refractivity contribution >= 4 is 17.6 Å². The molecule has 0 unspecified atom stereocenters. The number of rotatable bonds is 4. The van der Waals surface area contributed by atoms with Crippen LogP contribution in [0.3, 0.4) is 0 Å². The summed E-state index contributed by atoms with van der Waals surface area (Å²) in [4.78, 5) is 12.9. The van der Waals surface area contributed by atoms with E-state index in [1.54, 1.807) is 12.1 Å². The molecule has 1 heterocycles. The van der Waals surface area contributed by atoms with Gasteiger partial charge in [-0.3, -0.25) is 9.69 Å². The molecule has 0 spiro atoms. The van der Waals surface area contributed by atoms with Gasteiger partial charge in [0.25, 0.3) is 0 Å². The van der Waals surface area contributed by atoms with Gasteiger partial charge in [-0.05, 0) is 49.5 Å². The summed E-state index contributed by atoms with van der Waals surface area (Å²) in [6, 6.07) is 4.78. The lowest BCUT2D eigenvalue weighted by Crippen LogP contribution is -2.33. The Morgan fingerprint density at radius 2 is 2.11 bits per heavy atom. The second kappa shape index (κ2) is 6.35. The van der Waals surface area contributed by atoms with Crippen LogP contribution in [-0.2, 0) is 11.3 Å². The molecule has 5 heteroatoms. The molecule has 0 aromatic heterocycles. The fourth-order valence-corrected chi connectivity index (χ4v) is 2.69. The molecule has 0 saturated carbocycles. The third-order valence-electron chi connectivity index (χ3n) is 3.56. The van der Waals surface area contributed by atoms with Crippen molar-refractivity contribution in [3.05, 3.63) is 34.6 Å². The van der Waals surface area contributed by atoms with E-state index in [4.69, 9.17) is 16.7 Å². The topological polar surface area (TPSA) is 40.5 Å². The van der Waals surface area contributed by atoms with E-state index in [1.165, 1.54) is 6.07 Å². The minimum atomic E-state index is -0.719. The van der Waals surface area contributed by atoms with Crippen LogP contribution in [0.25, 0.3) is 0 Å². The fourth-order valence-electron chi connectivity index (χ4n) is 2.49. The van der Waals surface area contributed by atoms with Crippen LogP contribution in [0.1, 0.15) is 24.8 Å². The molecule has 0 aliphatic carbocycles. The molecular weight excluding hydrogens is 269 g/mol. The average molecular weight is 286 g/mol. The molecule has 19 heavy (non-hydrogen) atoms. The van der Waals surface area contributed by atoms with Crippen LogP contribution in [0.15, 0.2) is 18.2 Å². The minimum Gasteiger partial charge on any atom is -0.481 e. The van der Waals surface area contributed by atoms with Crippen molar-refractivity contribution in [2.75, 3.05) is 13.1 Å². The van der Waals surface area contributed by atoms with Gasteiger partial charge in [0, 0.05) is 13.0 Å². The smallest absolute Gasteiger partial charge is 0.303 e. The lowest BCUT2D eigenvalue weighted by atomic mass is 9.93. The largest absolute Gasteiger partial charge is 0.481 e. The van der Waals surface area contributed by atoms with Crippen molar-refractivity contribution in [3.8, 4) is 0 Å². The predicted octanol–water partition coefficient (Wildman–Crippen LogP) is 3.17. The molecule has 1 aromatic carbocycles. The van der Waals surface area contributed by atoms with E-state index in [1.807, 2.05) is 0 Å². The molecule has 1 aliphatic rings. The third-order valence-corrected chi connectivity index (χ3v) is 3.85. The lowest BCUT2D eigenvalue weighted by Gasteiger charge is -2.31. The van der Waals surface area contributed by atoms with Crippen LogP contribution in [0.4, 0.5) is 4.39 Å². The molecule has 2 rings (SSSR count). The predicted molar refractivity (Wildman–Crippen MR) is 71.7 cm³/mol. The van der Waals surface area contributed by atoms with E-state index >= 15 is 0 Å². The van der Waals surface area contributed by atoms with Crippen LogP contribution in [0, 0.1) is 11.7 Å². The molecule has 1 aliphatic heterocycles. The number of carboxylic acids is 1. The fraction of sp³-hybridized carbons (Fsp3) is 0.500. The summed E-state index contributed by atoms with van der Waals surface area (Å²) in [5.74, 6) is -0.833. The molecule has 0 radical (unpaired) electrons. The Kier molecular flexibility index (Phi) is 4.77. The molecular formula is C14H17ClFNO2. The highest BCUT2D eigenvalue weighted by Crippen LogP contribution is 2.23. The van der Waals surface area contributed by atoms with Crippen molar-refractivity contribution in [3.63, 3.8) is 0 Å². The summed E-state index contributed by atoms with van der Waals surface area (Å²) in [5.41, 5.74) is 0.989. The Morgan fingerprint density at radius 1 is 1.42 bits per heavy atom. The van der Waals surface area contributed by atoms with E-state index in [0.717, 1.165) is 38.0 Å². The standard InChI is InChI=1S/C14H17ClFNO2/c15-12-7-11(1-2-13(12)16)9-17-5-3-10(4-6-17)8-14(18)19/h1-2,7,10H,3-6,8-9H2,(H,18,19). The quantitative estimate of drug-likeness (QED) is 0.924. The summed E-state index contributed by atoms with van der Waals surface area (Å²) >= 11 is 5.75. The number of likely N-dealkylation sites (tertiary alicyclic amines) is 1. The van der Waals surface area contributed by atoms with Gasteiger partial charge in [-0.15, -0.1) is 0 Å². The Labute approximate surface area is 117 Å². The number of benzene rings is 1. The van der Waals surface area contributed by atoms with Crippen LogP contribution >= 0.6 is 11.6 Å². The SMILES string of the molecule is O=C(O)CC1CCN(Cc2ccc(F)c(Cl)c2)CC1. The van der Waals surface area contributed by atoms with Gasteiger partial charge < -0.3 is 5.11 Å². The molecule has 0 bridgehead atoms. The summed E-state index contributed by atoms with van der Waals surface area (Å²) in [6.07, 6.45) is 2.07. The molecule has 104 valence electrons. The Hall–Kier alpha value is -1.13. The molecule has 3 nitrogen and oxygen atoms in total. The zero-order valence-electron chi connectivity index (χ0n) is 10.6. The van der Waals surface area contributed by atoms with Gasteiger partial charge >= 0.3 is 5.97 Å². The van der Waals surface area contributed by atoms with E-state index in [9.17, 15) is 9.18 Å². The van der Waals surface area contributed by atoms with Gasteiger partial charge in [-0.2, -0.15) is 0 Å². The first-order valence-corrected chi connectivity index (χ1v) is 6.80.